The molecule has 0 aromatic carbocycles. The van der Waals surface area contributed by atoms with Gasteiger partial charge >= 0.3 is 0 Å². The zero-order chi connectivity index (χ0) is 19.5. The minimum atomic E-state index is -3.82. The number of aliphatic hydroxyl groups excluding tert-OH is 1. The van der Waals surface area contributed by atoms with E-state index in [0.29, 0.717) is 6.42 Å². The topological polar surface area (TPSA) is 74.6 Å². The molecule has 1 unspecified atom stereocenters. The van der Waals surface area contributed by atoms with Gasteiger partial charge < -0.3 is 5.11 Å². The fourth-order valence-corrected chi connectivity index (χ4v) is 3.95. The minimum absolute atomic E-state index is 0.165. The number of unbranched alkanes of at least 4 members (excludes halogenated alkanes) is 14. The first-order chi connectivity index (χ1) is 12.5. The quantitative estimate of drug-likeness (QED) is 0.189. The SMILES string of the molecule is CCCCCCCCCCCCCCCC(O)CCCCCS(=O)(=O)O. The first kappa shape index (κ1) is 25.9. The van der Waals surface area contributed by atoms with Gasteiger partial charge in [-0.1, -0.05) is 103 Å². The van der Waals surface area contributed by atoms with Crippen LogP contribution in [-0.2, 0) is 10.1 Å². The molecule has 158 valence electrons. The van der Waals surface area contributed by atoms with Gasteiger partial charge in [-0.3, -0.25) is 4.55 Å². The molecule has 0 saturated heterocycles. The van der Waals surface area contributed by atoms with Crippen LogP contribution in [0.3, 0.4) is 0 Å². The highest BCUT2D eigenvalue weighted by molar-refractivity contribution is 7.85. The molecule has 0 aliphatic carbocycles. The zero-order valence-electron chi connectivity index (χ0n) is 17.1. The molecule has 0 aliphatic heterocycles. The molecule has 0 saturated carbocycles. The van der Waals surface area contributed by atoms with E-state index in [9.17, 15) is 13.5 Å². The van der Waals surface area contributed by atoms with Gasteiger partial charge in [-0.2, -0.15) is 8.42 Å². The van der Waals surface area contributed by atoms with Crippen molar-refractivity contribution in [2.45, 2.75) is 129 Å². The van der Waals surface area contributed by atoms with E-state index in [1.165, 1.54) is 77.0 Å². The van der Waals surface area contributed by atoms with Crippen molar-refractivity contribution < 1.29 is 18.1 Å². The van der Waals surface area contributed by atoms with E-state index < -0.39 is 10.1 Å². The van der Waals surface area contributed by atoms with E-state index in [-0.39, 0.29) is 11.9 Å². The molecule has 0 bridgehead atoms. The lowest BCUT2D eigenvalue weighted by Crippen LogP contribution is -2.07. The Labute approximate surface area is 162 Å². The molecular formula is C21H44O4S. The zero-order valence-corrected chi connectivity index (χ0v) is 17.9. The van der Waals surface area contributed by atoms with Crippen molar-refractivity contribution in [2.24, 2.45) is 0 Å². The summed E-state index contributed by atoms with van der Waals surface area (Å²) in [5.41, 5.74) is 0. The van der Waals surface area contributed by atoms with Crippen LogP contribution in [0.1, 0.15) is 122 Å². The molecule has 0 aromatic rings. The van der Waals surface area contributed by atoms with E-state index in [2.05, 4.69) is 6.92 Å². The third kappa shape index (κ3) is 21.9. The molecule has 0 aromatic heterocycles. The van der Waals surface area contributed by atoms with Crippen molar-refractivity contribution >= 4 is 10.1 Å². The lowest BCUT2D eigenvalue weighted by atomic mass is 10.0. The van der Waals surface area contributed by atoms with Crippen LogP contribution >= 0.6 is 0 Å². The van der Waals surface area contributed by atoms with Crippen LogP contribution in [0.5, 0.6) is 0 Å². The monoisotopic (exact) mass is 392 g/mol. The smallest absolute Gasteiger partial charge is 0.264 e. The fraction of sp³-hybridized carbons (Fsp3) is 1.00. The standard InChI is InChI=1S/C21H44O4S/c1-2-3-4-5-6-7-8-9-10-11-12-13-15-18-21(22)19-16-14-17-20-26(23,24)25/h21-22H,2-20H2,1H3,(H,23,24,25). The molecule has 0 amide bonds. The maximum atomic E-state index is 10.6. The highest BCUT2D eigenvalue weighted by Gasteiger charge is 2.06. The molecule has 0 rings (SSSR count). The van der Waals surface area contributed by atoms with Crippen molar-refractivity contribution in [3.05, 3.63) is 0 Å². The molecule has 5 heteroatoms. The fourth-order valence-electron chi connectivity index (χ4n) is 3.38. The Morgan fingerprint density at radius 3 is 1.35 bits per heavy atom. The molecule has 26 heavy (non-hydrogen) atoms. The van der Waals surface area contributed by atoms with Crippen molar-refractivity contribution in [1.82, 2.24) is 0 Å². The van der Waals surface area contributed by atoms with Gasteiger partial charge in [0.05, 0.1) is 11.9 Å². The summed E-state index contributed by atoms with van der Waals surface area (Å²) < 4.78 is 29.8. The summed E-state index contributed by atoms with van der Waals surface area (Å²) in [6, 6.07) is 0. The molecule has 0 aliphatic rings. The summed E-state index contributed by atoms with van der Waals surface area (Å²) in [5, 5.41) is 9.92. The van der Waals surface area contributed by atoms with Crippen LogP contribution in [0.25, 0.3) is 0 Å². The predicted molar refractivity (Wildman–Crippen MR) is 111 cm³/mol. The maximum Gasteiger partial charge on any atom is 0.264 e. The van der Waals surface area contributed by atoms with Crippen molar-refractivity contribution in [3.8, 4) is 0 Å². The summed E-state index contributed by atoms with van der Waals surface area (Å²) in [7, 11) is -3.82. The number of hydrogen-bond acceptors (Lipinski definition) is 3. The second-order valence-corrected chi connectivity index (χ2v) is 9.39. The van der Waals surface area contributed by atoms with Crippen molar-refractivity contribution in [2.75, 3.05) is 5.75 Å². The average Bonchev–Trinajstić information content (AvgIpc) is 2.57. The van der Waals surface area contributed by atoms with Gasteiger partial charge in [0, 0.05) is 0 Å². The highest BCUT2D eigenvalue weighted by Crippen LogP contribution is 2.15. The molecule has 0 radical (unpaired) electrons. The van der Waals surface area contributed by atoms with Gasteiger partial charge in [-0.05, 0) is 19.3 Å². The second kappa shape index (κ2) is 18.2. The molecule has 2 N–H and O–H groups in total. The van der Waals surface area contributed by atoms with Gasteiger partial charge in [-0.25, -0.2) is 0 Å². The van der Waals surface area contributed by atoms with Crippen molar-refractivity contribution in [1.29, 1.82) is 0 Å². The first-order valence-corrected chi connectivity index (χ1v) is 12.7. The minimum Gasteiger partial charge on any atom is -0.393 e. The summed E-state index contributed by atoms with van der Waals surface area (Å²) in [6.45, 7) is 2.26. The highest BCUT2D eigenvalue weighted by atomic mass is 32.2. The number of hydrogen-bond donors (Lipinski definition) is 2. The summed E-state index contributed by atoms with van der Waals surface area (Å²) in [6.07, 6.45) is 20.8. The Hall–Kier alpha value is -0.130. The van der Waals surface area contributed by atoms with Crippen molar-refractivity contribution in [3.63, 3.8) is 0 Å². The Morgan fingerprint density at radius 2 is 0.962 bits per heavy atom. The van der Waals surface area contributed by atoms with Crippen LogP contribution in [-0.4, -0.2) is 29.9 Å². The van der Waals surface area contributed by atoms with Gasteiger partial charge in [0.25, 0.3) is 10.1 Å². The second-order valence-electron chi connectivity index (χ2n) is 7.82. The van der Waals surface area contributed by atoms with E-state index in [0.717, 1.165) is 32.1 Å². The van der Waals surface area contributed by atoms with E-state index >= 15 is 0 Å². The molecule has 1 atom stereocenters. The van der Waals surface area contributed by atoms with Crippen LogP contribution in [0.2, 0.25) is 0 Å². The van der Waals surface area contributed by atoms with Crippen LogP contribution < -0.4 is 0 Å². The molecular weight excluding hydrogens is 348 g/mol. The van der Waals surface area contributed by atoms with Gasteiger partial charge in [-0.15, -0.1) is 0 Å². The molecule has 0 fully saturated rings. The van der Waals surface area contributed by atoms with Gasteiger partial charge in [0.2, 0.25) is 0 Å². The maximum absolute atomic E-state index is 10.6. The number of aliphatic hydroxyl groups is 1. The average molecular weight is 393 g/mol. The van der Waals surface area contributed by atoms with Gasteiger partial charge in [0.1, 0.15) is 0 Å². The third-order valence-corrected chi connectivity index (χ3v) is 5.89. The lowest BCUT2D eigenvalue weighted by Gasteiger charge is -2.10. The summed E-state index contributed by atoms with van der Waals surface area (Å²) in [5.74, 6) is -0.165. The normalized spacial score (nSPS) is 13.2. The molecule has 0 heterocycles. The van der Waals surface area contributed by atoms with Crippen LogP contribution in [0.4, 0.5) is 0 Å². The Morgan fingerprint density at radius 1 is 0.615 bits per heavy atom. The molecule has 4 nitrogen and oxygen atoms in total. The van der Waals surface area contributed by atoms with Gasteiger partial charge in [0.15, 0.2) is 0 Å². The number of rotatable bonds is 20. The lowest BCUT2D eigenvalue weighted by molar-refractivity contribution is 0.147. The van der Waals surface area contributed by atoms with E-state index in [4.69, 9.17) is 4.55 Å². The third-order valence-electron chi connectivity index (χ3n) is 5.08. The largest absolute Gasteiger partial charge is 0.393 e. The summed E-state index contributed by atoms with van der Waals surface area (Å²) in [4.78, 5) is 0. The van der Waals surface area contributed by atoms with E-state index in [1.807, 2.05) is 0 Å². The Balaban J connectivity index is 3.19. The Kier molecular flexibility index (Phi) is 18.2. The predicted octanol–water partition coefficient (Wildman–Crippen LogP) is 6.28. The molecule has 0 spiro atoms. The van der Waals surface area contributed by atoms with Crippen LogP contribution in [0, 0.1) is 0 Å². The Bertz CT molecular complexity index is 381. The van der Waals surface area contributed by atoms with Crippen LogP contribution in [0.15, 0.2) is 0 Å². The first-order valence-electron chi connectivity index (χ1n) is 11.1. The van der Waals surface area contributed by atoms with E-state index in [1.54, 1.807) is 0 Å². The summed E-state index contributed by atoms with van der Waals surface area (Å²) >= 11 is 0.